The van der Waals surface area contributed by atoms with E-state index in [2.05, 4.69) is 14.5 Å². The molecule has 0 aliphatic rings. The molecule has 0 bridgehead atoms. The number of benzene rings is 2. The van der Waals surface area contributed by atoms with Crippen molar-refractivity contribution in [3.63, 3.8) is 0 Å². The molecule has 0 aliphatic carbocycles. The Bertz CT molecular complexity index is 1180. The summed E-state index contributed by atoms with van der Waals surface area (Å²) in [4.78, 5) is 16.9. The molecule has 8 heteroatoms. The van der Waals surface area contributed by atoms with Gasteiger partial charge in [-0.2, -0.15) is 9.47 Å². The number of ether oxygens (including phenoxy) is 1. The molecule has 0 atom stereocenters. The number of aromatic nitrogens is 4. The highest BCUT2D eigenvalue weighted by molar-refractivity contribution is 7.09. The lowest BCUT2D eigenvalue weighted by molar-refractivity contribution is 0.0519. The molecule has 0 radical (unpaired) electrons. The summed E-state index contributed by atoms with van der Waals surface area (Å²) < 4.78 is 11.2. The summed E-state index contributed by atoms with van der Waals surface area (Å²) in [6.45, 7) is 4.04. The van der Waals surface area contributed by atoms with Gasteiger partial charge in [-0.25, -0.2) is 14.5 Å². The molecule has 0 spiro atoms. The van der Waals surface area contributed by atoms with Crippen molar-refractivity contribution >= 4 is 29.1 Å². The lowest BCUT2D eigenvalue weighted by Crippen LogP contribution is -2.07. The largest absolute Gasteiger partial charge is 0.461 e. The number of esters is 1. The van der Waals surface area contributed by atoms with Gasteiger partial charge in [-0.1, -0.05) is 47.5 Å². The molecule has 0 unspecified atom stereocenters. The molecular formula is C21H17ClN4O2S. The van der Waals surface area contributed by atoms with Crippen molar-refractivity contribution in [1.82, 2.24) is 19.1 Å². The number of nitrogens with zero attached hydrogens (tertiary/aromatic N) is 4. The van der Waals surface area contributed by atoms with Crippen molar-refractivity contribution in [1.29, 1.82) is 0 Å². The highest BCUT2D eigenvalue weighted by atomic mass is 35.5. The zero-order valence-corrected chi connectivity index (χ0v) is 17.4. The maximum Gasteiger partial charge on any atom is 0.358 e. The fraction of sp³-hybridized carbons (Fsp3) is 0.143. The van der Waals surface area contributed by atoms with Gasteiger partial charge >= 0.3 is 5.97 Å². The van der Waals surface area contributed by atoms with Gasteiger partial charge in [0.25, 0.3) is 0 Å². The molecule has 0 aliphatic heterocycles. The quantitative estimate of drug-likeness (QED) is 0.412. The fourth-order valence-electron chi connectivity index (χ4n) is 2.87. The van der Waals surface area contributed by atoms with Crippen LogP contribution in [-0.2, 0) is 4.74 Å². The fourth-order valence-corrected chi connectivity index (χ4v) is 3.78. The smallest absolute Gasteiger partial charge is 0.358 e. The van der Waals surface area contributed by atoms with E-state index in [0.29, 0.717) is 27.2 Å². The third kappa shape index (κ3) is 3.92. The Morgan fingerprint density at radius 3 is 2.76 bits per heavy atom. The number of rotatable bonds is 5. The van der Waals surface area contributed by atoms with Crippen molar-refractivity contribution in [3.05, 3.63) is 70.9 Å². The molecule has 2 aromatic heterocycles. The Balaban J connectivity index is 1.82. The van der Waals surface area contributed by atoms with Crippen LogP contribution >= 0.6 is 23.1 Å². The van der Waals surface area contributed by atoms with E-state index >= 15 is 0 Å². The summed E-state index contributed by atoms with van der Waals surface area (Å²) in [7, 11) is 0. The van der Waals surface area contributed by atoms with E-state index in [0.717, 1.165) is 11.1 Å². The Morgan fingerprint density at radius 1 is 1.17 bits per heavy atom. The van der Waals surface area contributed by atoms with Crippen LogP contribution < -0.4 is 0 Å². The number of hydrogen-bond acceptors (Lipinski definition) is 6. The number of carbonyl (C=O) groups excluding carboxylic acids is 1. The molecule has 0 N–H and O–H groups in total. The molecule has 146 valence electrons. The second kappa shape index (κ2) is 8.14. The van der Waals surface area contributed by atoms with E-state index in [1.807, 2.05) is 49.4 Å². The van der Waals surface area contributed by atoms with E-state index in [9.17, 15) is 4.79 Å². The maximum atomic E-state index is 12.3. The minimum atomic E-state index is -0.497. The average Bonchev–Trinajstić information content (AvgIpc) is 3.36. The molecule has 6 nitrogen and oxygen atoms in total. The van der Waals surface area contributed by atoms with E-state index < -0.39 is 5.97 Å². The first kappa shape index (κ1) is 19.3. The first-order chi connectivity index (χ1) is 14.1. The third-order valence-corrected chi connectivity index (χ3v) is 5.25. The van der Waals surface area contributed by atoms with Gasteiger partial charge < -0.3 is 4.74 Å². The zero-order chi connectivity index (χ0) is 20.4. The normalized spacial score (nSPS) is 10.9. The number of hydrogen-bond donors (Lipinski definition) is 0. The van der Waals surface area contributed by atoms with Gasteiger partial charge in [0.1, 0.15) is 5.69 Å². The Kier molecular flexibility index (Phi) is 5.42. The minimum Gasteiger partial charge on any atom is -0.461 e. The number of carbonyl (C=O) groups is 1. The summed E-state index contributed by atoms with van der Waals surface area (Å²) in [5.41, 5.74) is 3.52. The second-order valence-corrected chi connectivity index (χ2v) is 7.45. The van der Waals surface area contributed by atoms with Crippen molar-refractivity contribution in [2.24, 2.45) is 0 Å². The van der Waals surface area contributed by atoms with Crippen LogP contribution in [0.3, 0.4) is 0 Å². The lowest BCUT2D eigenvalue weighted by atomic mass is 10.1. The lowest BCUT2D eigenvalue weighted by Gasteiger charge is -2.07. The standard InChI is InChI=1S/C21H17ClN4O2S/c1-3-28-21(27)16-12-18(26(24-16)17-10-5-4-9-15(17)22)20-23-19(25-29-20)14-8-6-7-13(2)11-14/h4-12H,3H2,1-2H3. The topological polar surface area (TPSA) is 69.9 Å². The monoisotopic (exact) mass is 424 g/mol. The van der Waals surface area contributed by atoms with Crippen LogP contribution in [0.2, 0.25) is 5.02 Å². The molecule has 0 saturated heterocycles. The number of aryl methyl sites for hydroxylation is 1. The first-order valence-electron chi connectivity index (χ1n) is 9.00. The van der Waals surface area contributed by atoms with Gasteiger partial charge in [-0.05, 0) is 43.6 Å². The SMILES string of the molecule is CCOC(=O)c1cc(-c2nc(-c3cccc(C)c3)ns2)n(-c2ccccc2Cl)n1. The summed E-state index contributed by atoms with van der Waals surface area (Å²) in [6, 6.07) is 16.9. The van der Waals surface area contributed by atoms with Gasteiger partial charge in [-0.3, -0.25) is 0 Å². The summed E-state index contributed by atoms with van der Waals surface area (Å²) in [5, 5.41) is 5.57. The predicted molar refractivity (Wildman–Crippen MR) is 114 cm³/mol. The van der Waals surface area contributed by atoms with Crippen LogP contribution in [0.4, 0.5) is 0 Å². The summed E-state index contributed by atoms with van der Waals surface area (Å²) >= 11 is 7.62. The second-order valence-electron chi connectivity index (χ2n) is 6.29. The molecule has 0 saturated carbocycles. The Morgan fingerprint density at radius 2 is 2.00 bits per heavy atom. The van der Waals surface area contributed by atoms with Gasteiger partial charge in [-0.15, -0.1) is 0 Å². The van der Waals surface area contributed by atoms with Gasteiger partial charge in [0.15, 0.2) is 16.5 Å². The highest BCUT2D eigenvalue weighted by Gasteiger charge is 2.21. The Hall–Kier alpha value is -3.03. The van der Waals surface area contributed by atoms with Crippen LogP contribution in [0.15, 0.2) is 54.6 Å². The molecule has 0 amide bonds. The molecule has 2 aromatic carbocycles. The van der Waals surface area contributed by atoms with Gasteiger partial charge in [0.05, 0.1) is 17.3 Å². The van der Waals surface area contributed by atoms with Crippen LogP contribution in [0.1, 0.15) is 23.0 Å². The predicted octanol–water partition coefficient (Wildman–Crippen LogP) is 5.20. The van der Waals surface area contributed by atoms with Crippen LogP contribution in [0, 0.1) is 6.92 Å². The van der Waals surface area contributed by atoms with E-state index in [-0.39, 0.29) is 12.3 Å². The summed E-state index contributed by atoms with van der Waals surface area (Å²) in [5.74, 6) is 0.126. The van der Waals surface area contributed by atoms with Crippen molar-refractivity contribution in [2.45, 2.75) is 13.8 Å². The number of halogens is 1. The average molecular weight is 425 g/mol. The maximum absolute atomic E-state index is 12.3. The highest BCUT2D eigenvalue weighted by Crippen LogP contribution is 2.31. The molecule has 0 fully saturated rings. The molecule has 4 aromatic rings. The molecule has 4 rings (SSSR count). The molecule has 29 heavy (non-hydrogen) atoms. The summed E-state index contributed by atoms with van der Waals surface area (Å²) in [6.07, 6.45) is 0. The van der Waals surface area contributed by atoms with Gasteiger partial charge in [0.2, 0.25) is 0 Å². The van der Waals surface area contributed by atoms with Crippen LogP contribution in [-0.4, -0.2) is 31.7 Å². The Labute approximate surface area is 176 Å². The van der Waals surface area contributed by atoms with E-state index in [1.54, 1.807) is 23.7 Å². The zero-order valence-electron chi connectivity index (χ0n) is 15.8. The van der Waals surface area contributed by atoms with E-state index in [4.69, 9.17) is 16.3 Å². The molecule has 2 heterocycles. The first-order valence-corrected chi connectivity index (χ1v) is 10.1. The van der Waals surface area contributed by atoms with Crippen molar-refractivity contribution in [2.75, 3.05) is 6.61 Å². The van der Waals surface area contributed by atoms with Gasteiger partial charge in [0, 0.05) is 11.6 Å². The third-order valence-electron chi connectivity index (χ3n) is 4.20. The van der Waals surface area contributed by atoms with E-state index in [1.165, 1.54) is 11.5 Å². The minimum absolute atomic E-state index is 0.189. The van der Waals surface area contributed by atoms with Crippen molar-refractivity contribution in [3.8, 4) is 27.8 Å². The van der Waals surface area contributed by atoms with Crippen molar-refractivity contribution < 1.29 is 9.53 Å². The number of para-hydroxylation sites is 1. The van der Waals surface area contributed by atoms with Crippen LogP contribution in [0.25, 0.3) is 27.8 Å². The molecular weight excluding hydrogens is 408 g/mol. The van der Waals surface area contributed by atoms with Crippen LogP contribution in [0.5, 0.6) is 0 Å².